The quantitative estimate of drug-likeness (QED) is 0.313. The first kappa shape index (κ1) is 23.9. The van der Waals surface area contributed by atoms with Gasteiger partial charge in [0.05, 0.1) is 31.3 Å². The Kier molecular flexibility index (Phi) is 6.95. The lowest BCUT2D eigenvalue weighted by atomic mass is 9.95. The fourth-order valence-corrected chi connectivity index (χ4v) is 4.81. The van der Waals surface area contributed by atoms with Crippen LogP contribution in [0.15, 0.2) is 61.2 Å². The number of amides is 1. The van der Waals surface area contributed by atoms with Crippen LogP contribution in [0, 0.1) is 0 Å². The Morgan fingerprint density at radius 1 is 1.03 bits per heavy atom. The molecule has 9 heteroatoms. The number of aryl methyl sites for hydroxylation is 1. The van der Waals surface area contributed by atoms with E-state index in [1.807, 2.05) is 72.0 Å². The van der Waals surface area contributed by atoms with Crippen LogP contribution < -0.4 is 9.47 Å². The van der Waals surface area contributed by atoms with Crippen molar-refractivity contribution in [1.29, 1.82) is 0 Å². The molecule has 0 bridgehead atoms. The molecule has 0 saturated carbocycles. The summed E-state index contributed by atoms with van der Waals surface area (Å²) in [4.78, 5) is 19.6. The average Bonchev–Trinajstić information content (AvgIpc) is 3.60. The maximum atomic E-state index is 13.6. The fraction of sp³-hybridized carbons (Fsp3) is 0.296. The molecule has 3 heterocycles. The number of rotatable bonds is 10. The first-order valence-corrected chi connectivity index (χ1v) is 12.5. The molecule has 5 rings (SSSR count). The van der Waals surface area contributed by atoms with Gasteiger partial charge in [0.15, 0.2) is 11.5 Å². The Bertz CT molecular complexity index is 1330. The van der Waals surface area contributed by atoms with Gasteiger partial charge in [-0.05, 0) is 50.1 Å². The Morgan fingerprint density at radius 2 is 1.81 bits per heavy atom. The molecule has 2 aromatic heterocycles. The van der Waals surface area contributed by atoms with Crippen LogP contribution in [0.3, 0.4) is 0 Å². The highest BCUT2D eigenvalue weighted by molar-refractivity contribution is 6.30. The van der Waals surface area contributed by atoms with Crippen LogP contribution in [0.4, 0.5) is 0 Å². The lowest BCUT2D eigenvalue weighted by molar-refractivity contribution is 0.0739. The molecular weight excluding hydrogens is 478 g/mol. The zero-order chi connectivity index (χ0) is 25.1. The lowest BCUT2D eigenvalue weighted by Crippen LogP contribution is -2.31. The molecule has 1 unspecified atom stereocenters. The van der Waals surface area contributed by atoms with E-state index in [1.165, 1.54) is 0 Å². The van der Waals surface area contributed by atoms with Gasteiger partial charge in [0.1, 0.15) is 5.69 Å². The molecule has 0 spiro atoms. The Hall–Kier alpha value is -3.78. The molecule has 1 aliphatic rings. The number of nitrogens with one attached hydrogen (secondary N) is 1. The second-order valence-corrected chi connectivity index (χ2v) is 8.93. The van der Waals surface area contributed by atoms with Crippen molar-refractivity contribution in [2.45, 2.75) is 32.9 Å². The average molecular weight is 506 g/mol. The van der Waals surface area contributed by atoms with Crippen molar-refractivity contribution in [1.82, 2.24) is 24.6 Å². The van der Waals surface area contributed by atoms with E-state index < -0.39 is 0 Å². The number of nitrogens with zero attached hydrogens (tertiary/aromatic N) is 4. The van der Waals surface area contributed by atoms with E-state index in [2.05, 4.69) is 15.2 Å². The Labute approximate surface area is 214 Å². The third-order valence-corrected chi connectivity index (χ3v) is 6.49. The Morgan fingerprint density at radius 3 is 2.53 bits per heavy atom. The molecule has 0 fully saturated rings. The number of benzene rings is 2. The van der Waals surface area contributed by atoms with Gasteiger partial charge in [-0.1, -0.05) is 29.8 Å². The van der Waals surface area contributed by atoms with Crippen LogP contribution in [0.2, 0.25) is 5.02 Å². The summed E-state index contributed by atoms with van der Waals surface area (Å²) in [7, 11) is 0. The summed E-state index contributed by atoms with van der Waals surface area (Å²) in [5.41, 5.74) is 3.94. The van der Waals surface area contributed by atoms with Gasteiger partial charge in [-0.15, -0.1) is 0 Å². The molecule has 36 heavy (non-hydrogen) atoms. The van der Waals surface area contributed by atoms with E-state index in [4.69, 9.17) is 21.1 Å². The van der Waals surface area contributed by atoms with Crippen molar-refractivity contribution < 1.29 is 14.3 Å². The van der Waals surface area contributed by atoms with E-state index in [0.717, 1.165) is 35.3 Å². The van der Waals surface area contributed by atoms with Crippen molar-refractivity contribution >= 4 is 17.5 Å². The van der Waals surface area contributed by atoms with Crippen molar-refractivity contribution in [2.75, 3.05) is 19.8 Å². The number of aromatic amines is 1. The summed E-state index contributed by atoms with van der Waals surface area (Å²) in [6.45, 7) is 6.26. The van der Waals surface area contributed by atoms with Crippen LogP contribution in [-0.4, -0.2) is 50.3 Å². The normalized spacial score (nSPS) is 14.8. The van der Waals surface area contributed by atoms with Gasteiger partial charge >= 0.3 is 0 Å². The number of imidazole rings is 1. The minimum Gasteiger partial charge on any atom is -0.490 e. The molecule has 1 amide bonds. The third-order valence-electron chi connectivity index (χ3n) is 6.24. The number of hydrogen-bond donors (Lipinski definition) is 1. The maximum absolute atomic E-state index is 13.6. The minimum absolute atomic E-state index is 0.0693. The minimum atomic E-state index is -0.324. The fourth-order valence-electron chi connectivity index (χ4n) is 4.68. The van der Waals surface area contributed by atoms with Crippen LogP contribution in [0.5, 0.6) is 11.5 Å². The zero-order valence-electron chi connectivity index (χ0n) is 20.3. The number of carbonyl (C=O) groups excluding carboxylic acids is 1. The van der Waals surface area contributed by atoms with Gasteiger partial charge in [0.2, 0.25) is 0 Å². The van der Waals surface area contributed by atoms with E-state index in [-0.39, 0.29) is 11.9 Å². The molecule has 1 atom stereocenters. The topological polar surface area (TPSA) is 85.3 Å². The largest absolute Gasteiger partial charge is 0.490 e. The highest BCUT2D eigenvalue weighted by Gasteiger charge is 2.42. The predicted molar refractivity (Wildman–Crippen MR) is 138 cm³/mol. The smallest absolute Gasteiger partial charge is 0.273 e. The highest BCUT2D eigenvalue weighted by Crippen LogP contribution is 2.44. The summed E-state index contributed by atoms with van der Waals surface area (Å²) in [5, 5.41) is 8.20. The van der Waals surface area contributed by atoms with Gasteiger partial charge in [0, 0.05) is 41.6 Å². The maximum Gasteiger partial charge on any atom is 0.273 e. The van der Waals surface area contributed by atoms with Gasteiger partial charge in [-0.25, -0.2) is 4.98 Å². The summed E-state index contributed by atoms with van der Waals surface area (Å²) in [6.07, 6.45) is 6.25. The van der Waals surface area contributed by atoms with E-state index in [0.29, 0.717) is 42.0 Å². The van der Waals surface area contributed by atoms with Crippen molar-refractivity contribution in [2.24, 2.45) is 0 Å². The van der Waals surface area contributed by atoms with Crippen molar-refractivity contribution in [3.05, 3.63) is 83.0 Å². The number of H-pyrrole nitrogens is 1. The molecule has 0 aliphatic carbocycles. The summed E-state index contributed by atoms with van der Waals surface area (Å²) in [5.74, 6) is 1.28. The molecule has 186 valence electrons. The van der Waals surface area contributed by atoms with Crippen LogP contribution in [-0.2, 0) is 6.54 Å². The van der Waals surface area contributed by atoms with Gasteiger partial charge in [-0.3, -0.25) is 9.89 Å². The molecule has 2 aromatic carbocycles. The SMILES string of the molecule is CCOc1ccc(C2c3c(-c4ccc(Cl)cc4)n[nH]c3C(=O)N2CCCn2ccnc2)cc1OCC. The number of fused-ring (bicyclic) bond motifs is 1. The second kappa shape index (κ2) is 10.5. The van der Waals surface area contributed by atoms with E-state index in [1.54, 1.807) is 12.5 Å². The number of halogens is 1. The molecule has 4 aromatic rings. The zero-order valence-corrected chi connectivity index (χ0v) is 21.0. The summed E-state index contributed by atoms with van der Waals surface area (Å²) >= 11 is 6.13. The third kappa shape index (κ3) is 4.56. The van der Waals surface area contributed by atoms with Gasteiger partial charge in [-0.2, -0.15) is 5.10 Å². The number of carbonyl (C=O) groups is 1. The van der Waals surface area contributed by atoms with E-state index >= 15 is 0 Å². The monoisotopic (exact) mass is 505 g/mol. The lowest BCUT2D eigenvalue weighted by Gasteiger charge is -2.27. The first-order valence-electron chi connectivity index (χ1n) is 12.1. The highest BCUT2D eigenvalue weighted by atomic mass is 35.5. The standard InChI is InChI=1S/C27H28ClN5O3/c1-3-35-21-11-8-19(16-22(21)36-4-2)26-23-24(18-6-9-20(28)10-7-18)30-31-25(23)27(34)33(26)14-5-13-32-15-12-29-17-32/h6-12,15-17,26H,3-5,13-14H2,1-2H3,(H,30,31). The predicted octanol–water partition coefficient (Wildman–Crippen LogP) is 5.36. The van der Waals surface area contributed by atoms with Crippen molar-refractivity contribution in [3.8, 4) is 22.8 Å². The molecular formula is C27H28ClN5O3. The number of hydrogen-bond acceptors (Lipinski definition) is 5. The van der Waals surface area contributed by atoms with Crippen LogP contribution in [0.25, 0.3) is 11.3 Å². The van der Waals surface area contributed by atoms with Gasteiger partial charge < -0.3 is 18.9 Å². The van der Waals surface area contributed by atoms with E-state index in [9.17, 15) is 4.79 Å². The molecule has 0 radical (unpaired) electrons. The molecule has 1 aliphatic heterocycles. The second-order valence-electron chi connectivity index (χ2n) is 8.50. The number of ether oxygens (including phenoxy) is 2. The van der Waals surface area contributed by atoms with Gasteiger partial charge in [0.25, 0.3) is 5.91 Å². The summed E-state index contributed by atoms with van der Waals surface area (Å²) in [6, 6.07) is 13.1. The van der Waals surface area contributed by atoms with Crippen LogP contribution in [0.1, 0.15) is 47.9 Å². The molecule has 1 N–H and O–H groups in total. The van der Waals surface area contributed by atoms with Crippen LogP contribution >= 0.6 is 11.6 Å². The van der Waals surface area contributed by atoms with Crippen molar-refractivity contribution in [3.63, 3.8) is 0 Å². The Balaban J connectivity index is 1.56. The molecule has 8 nitrogen and oxygen atoms in total. The first-order chi connectivity index (χ1) is 17.6. The summed E-state index contributed by atoms with van der Waals surface area (Å²) < 4.78 is 13.7. The number of aromatic nitrogens is 4. The molecule has 0 saturated heterocycles.